The third kappa shape index (κ3) is 4.04. The summed E-state index contributed by atoms with van der Waals surface area (Å²) in [6, 6.07) is 1.16. The Hall–Kier alpha value is -2.13. The number of carbonyl (C=O) groups is 2. The van der Waals surface area contributed by atoms with Gasteiger partial charge in [-0.1, -0.05) is 0 Å². The van der Waals surface area contributed by atoms with Crippen LogP contribution in [0.5, 0.6) is 0 Å². The summed E-state index contributed by atoms with van der Waals surface area (Å²) in [6.07, 6.45) is 0.472. The van der Waals surface area contributed by atoms with Crippen LogP contribution in [0.25, 0.3) is 0 Å². The van der Waals surface area contributed by atoms with E-state index in [9.17, 15) is 27.9 Å². The zero-order valence-corrected chi connectivity index (χ0v) is 12.9. The first-order valence-electron chi connectivity index (χ1n) is 7.22. The van der Waals surface area contributed by atoms with Gasteiger partial charge in [-0.15, -0.1) is 0 Å². The van der Waals surface area contributed by atoms with Crippen molar-refractivity contribution in [2.75, 3.05) is 32.1 Å². The van der Waals surface area contributed by atoms with Gasteiger partial charge in [0.05, 0.1) is 12.2 Å². The van der Waals surface area contributed by atoms with E-state index in [1.165, 1.54) is 12.0 Å². The Bertz CT molecular complexity index is 623. The van der Waals surface area contributed by atoms with Crippen LogP contribution >= 0.6 is 0 Å². The van der Waals surface area contributed by atoms with E-state index >= 15 is 0 Å². The Balaban J connectivity index is 1.97. The van der Waals surface area contributed by atoms with Crippen LogP contribution in [0.3, 0.4) is 0 Å². The number of anilines is 1. The maximum absolute atomic E-state index is 13.1. The second-order valence-corrected chi connectivity index (χ2v) is 5.66. The molecule has 1 heterocycles. The van der Waals surface area contributed by atoms with Crippen LogP contribution in [0.2, 0.25) is 0 Å². The van der Waals surface area contributed by atoms with Gasteiger partial charge in [-0.05, 0) is 12.8 Å². The smallest absolute Gasteiger partial charge is 0.313 e. The number of halogens is 3. The first-order valence-corrected chi connectivity index (χ1v) is 7.22. The van der Waals surface area contributed by atoms with E-state index in [1.807, 2.05) is 5.32 Å². The lowest BCUT2D eigenvalue weighted by Crippen LogP contribution is -2.51. The fourth-order valence-corrected chi connectivity index (χ4v) is 2.49. The maximum atomic E-state index is 13.1. The molecule has 2 rings (SSSR count). The van der Waals surface area contributed by atoms with Crippen molar-refractivity contribution in [1.82, 2.24) is 4.90 Å². The molecule has 0 saturated carbocycles. The Morgan fingerprint density at radius 2 is 1.79 bits per heavy atom. The van der Waals surface area contributed by atoms with E-state index in [1.54, 1.807) is 0 Å². The Labute approximate surface area is 136 Å². The monoisotopic (exact) mass is 346 g/mol. The third-order valence-electron chi connectivity index (χ3n) is 3.83. The van der Waals surface area contributed by atoms with Gasteiger partial charge in [0.15, 0.2) is 17.5 Å². The van der Waals surface area contributed by atoms with E-state index in [-0.39, 0.29) is 38.2 Å². The summed E-state index contributed by atoms with van der Waals surface area (Å²) in [5.41, 5.74) is -1.41. The number of methoxy groups -OCH3 is 1. The second-order valence-electron chi connectivity index (χ2n) is 5.66. The number of benzene rings is 1. The van der Waals surface area contributed by atoms with Crippen molar-refractivity contribution in [3.05, 3.63) is 29.6 Å². The number of nitrogens with zero attached hydrogens (tertiary/aromatic N) is 1. The summed E-state index contributed by atoms with van der Waals surface area (Å²) in [4.78, 5) is 25.1. The van der Waals surface area contributed by atoms with E-state index in [0.29, 0.717) is 12.1 Å². The summed E-state index contributed by atoms with van der Waals surface area (Å²) in [5.74, 6) is -6.61. The molecular formula is C15H17F3N2O4. The quantitative estimate of drug-likeness (QED) is 0.633. The van der Waals surface area contributed by atoms with E-state index in [4.69, 9.17) is 4.74 Å². The number of piperidine rings is 1. The molecule has 1 aliphatic rings. The number of likely N-dealkylation sites (tertiary alicyclic amines) is 1. The van der Waals surface area contributed by atoms with Crippen LogP contribution < -0.4 is 5.32 Å². The molecule has 0 radical (unpaired) electrons. The molecule has 1 fully saturated rings. The lowest BCUT2D eigenvalue weighted by Gasteiger charge is -2.37. The number of hydrogen-bond acceptors (Lipinski definition) is 4. The zero-order chi connectivity index (χ0) is 17.9. The molecule has 1 saturated heterocycles. The summed E-state index contributed by atoms with van der Waals surface area (Å²) in [5, 5.41) is 12.2. The molecule has 1 aromatic rings. The van der Waals surface area contributed by atoms with Crippen LogP contribution in [0.15, 0.2) is 12.1 Å². The lowest BCUT2D eigenvalue weighted by atomic mass is 9.92. The Morgan fingerprint density at radius 3 is 2.29 bits per heavy atom. The van der Waals surface area contributed by atoms with Crippen LogP contribution in [0.1, 0.15) is 12.8 Å². The summed E-state index contributed by atoms with van der Waals surface area (Å²) in [7, 11) is 1.45. The van der Waals surface area contributed by atoms with Gasteiger partial charge in [0, 0.05) is 38.0 Å². The molecular weight excluding hydrogens is 329 g/mol. The highest BCUT2D eigenvalue weighted by molar-refractivity contribution is 6.39. The van der Waals surface area contributed by atoms with Crippen molar-refractivity contribution >= 4 is 17.5 Å². The minimum Gasteiger partial charge on any atom is -0.387 e. The zero-order valence-electron chi connectivity index (χ0n) is 12.9. The molecule has 0 bridgehead atoms. The number of carbonyl (C=O) groups excluding carboxylic acids is 2. The van der Waals surface area contributed by atoms with Gasteiger partial charge >= 0.3 is 11.8 Å². The molecule has 6 nitrogen and oxygen atoms in total. The van der Waals surface area contributed by atoms with E-state index in [0.717, 1.165) is 0 Å². The van der Waals surface area contributed by atoms with Gasteiger partial charge in [0.2, 0.25) is 0 Å². The molecule has 2 amide bonds. The molecule has 0 atom stereocenters. The molecule has 2 N–H and O–H groups in total. The molecule has 0 unspecified atom stereocenters. The van der Waals surface area contributed by atoms with E-state index in [2.05, 4.69) is 0 Å². The van der Waals surface area contributed by atoms with Gasteiger partial charge in [-0.25, -0.2) is 13.2 Å². The van der Waals surface area contributed by atoms with E-state index < -0.39 is 34.9 Å². The molecule has 1 aliphatic heterocycles. The van der Waals surface area contributed by atoms with Crippen molar-refractivity contribution in [3.63, 3.8) is 0 Å². The topological polar surface area (TPSA) is 78.9 Å². The lowest BCUT2D eigenvalue weighted by molar-refractivity contribution is -0.147. The summed E-state index contributed by atoms with van der Waals surface area (Å²) >= 11 is 0. The van der Waals surface area contributed by atoms with Gasteiger partial charge in [-0.3, -0.25) is 9.59 Å². The first kappa shape index (κ1) is 18.2. The van der Waals surface area contributed by atoms with Gasteiger partial charge in [0.25, 0.3) is 0 Å². The molecule has 132 valence electrons. The van der Waals surface area contributed by atoms with Crippen molar-refractivity contribution in [2.45, 2.75) is 18.4 Å². The number of aliphatic hydroxyl groups is 1. The predicted octanol–water partition coefficient (Wildman–Crippen LogP) is 1.04. The van der Waals surface area contributed by atoms with Gasteiger partial charge in [0.1, 0.15) is 0 Å². The number of nitrogens with one attached hydrogen (secondary N) is 1. The fraction of sp³-hybridized carbons (Fsp3) is 0.467. The predicted molar refractivity (Wildman–Crippen MR) is 77.6 cm³/mol. The second kappa shape index (κ2) is 7.18. The number of rotatable bonds is 3. The third-order valence-corrected chi connectivity index (χ3v) is 3.83. The Kier molecular flexibility index (Phi) is 5.45. The summed E-state index contributed by atoms with van der Waals surface area (Å²) < 4.78 is 44.0. The van der Waals surface area contributed by atoms with Crippen molar-refractivity contribution in [2.24, 2.45) is 0 Å². The average molecular weight is 346 g/mol. The van der Waals surface area contributed by atoms with Crippen LogP contribution in [0, 0.1) is 17.5 Å². The molecule has 0 spiro atoms. The van der Waals surface area contributed by atoms with Crippen LogP contribution in [0.4, 0.5) is 18.9 Å². The van der Waals surface area contributed by atoms with Crippen LogP contribution in [-0.4, -0.2) is 54.2 Å². The van der Waals surface area contributed by atoms with Crippen molar-refractivity contribution in [1.29, 1.82) is 0 Å². The highest BCUT2D eigenvalue weighted by Gasteiger charge is 2.35. The number of hydrogen-bond donors (Lipinski definition) is 2. The first-order chi connectivity index (χ1) is 11.3. The highest BCUT2D eigenvalue weighted by atomic mass is 19.2. The molecule has 0 aliphatic carbocycles. The molecule has 24 heavy (non-hydrogen) atoms. The number of ether oxygens (including phenoxy) is 1. The minimum atomic E-state index is -1.66. The SMILES string of the molecule is COCC1(O)CCN(C(=O)C(=O)Nc2cc(F)c(F)c(F)c2)CC1. The average Bonchev–Trinajstić information content (AvgIpc) is 2.52. The number of amides is 2. The fourth-order valence-electron chi connectivity index (χ4n) is 2.49. The molecule has 0 aromatic heterocycles. The normalized spacial score (nSPS) is 16.8. The Morgan fingerprint density at radius 1 is 1.25 bits per heavy atom. The maximum Gasteiger partial charge on any atom is 0.313 e. The van der Waals surface area contributed by atoms with Crippen LogP contribution in [-0.2, 0) is 14.3 Å². The highest BCUT2D eigenvalue weighted by Crippen LogP contribution is 2.23. The molecule has 1 aromatic carbocycles. The largest absolute Gasteiger partial charge is 0.387 e. The minimum absolute atomic E-state index is 0.120. The van der Waals surface area contributed by atoms with Gasteiger partial charge in [-0.2, -0.15) is 0 Å². The molecule has 9 heteroatoms. The van der Waals surface area contributed by atoms with Crippen molar-refractivity contribution in [3.8, 4) is 0 Å². The summed E-state index contributed by atoms with van der Waals surface area (Å²) in [6.45, 7) is 0.395. The van der Waals surface area contributed by atoms with Gasteiger partial charge < -0.3 is 20.1 Å². The van der Waals surface area contributed by atoms with Crippen molar-refractivity contribution < 1.29 is 32.6 Å². The standard InChI is InChI=1S/C15H17F3N2O4/c1-24-8-15(23)2-4-20(5-3-15)14(22)13(21)19-9-6-10(16)12(18)11(17)7-9/h6-7,23H,2-5,8H2,1H3,(H,19,21).